The van der Waals surface area contributed by atoms with Crippen LogP contribution in [0.3, 0.4) is 0 Å². The van der Waals surface area contributed by atoms with Crippen molar-refractivity contribution in [2.75, 3.05) is 19.8 Å². The zero-order valence-electron chi connectivity index (χ0n) is 39.3. The SMILES string of the molecule is C=CCO[C@@]12Oc3ccc(OC(=O)NCc4ccccc4)cc3[C@H]3[C@H](CCCCO)[C@@H](CCCCO)C=C(C(=NOC(C)(C)C)C[C@@H]1N(Cc1ccc(F)cc1)C(=O)Oc1ccc([N+](=O)[O-])cc1)[C@H]32. The molecule has 6 atom stereocenters. The number of fused-ring (bicyclic) bond motifs is 2. The summed E-state index contributed by atoms with van der Waals surface area (Å²) in [5, 5.41) is 39.2. The predicted molar refractivity (Wildman–Crippen MR) is 256 cm³/mol. The highest BCUT2D eigenvalue weighted by Gasteiger charge is 2.66. The van der Waals surface area contributed by atoms with Crippen molar-refractivity contribution in [3.63, 3.8) is 0 Å². The second kappa shape index (κ2) is 22.7. The first kappa shape index (κ1) is 50.3. The molecule has 4 aromatic carbocycles. The average Bonchev–Trinajstić information content (AvgIpc) is 3.33. The van der Waals surface area contributed by atoms with Gasteiger partial charge in [-0.1, -0.05) is 72.6 Å². The van der Waals surface area contributed by atoms with Crippen LogP contribution >= 0.6 is 0 Å². The molecule has 1 fully saturated rings. The van der Waals surface area contributed by atoms with E-state index in [4.69, 9.17) is 28.9 Å². The minimum atomic E-state index is -1.70. The Bertz CT molecular complexity index is 2480. The Morgan fingerprint density at radius 2 is 1.64 bits per heavy atom. The number of nitrogens with zero attached hydrogens (tertiary/aromatic N) is 3. The summed E-state index contributed by atoms with van der Waals surface area (Å²) >= 11 is 0. The van der Waals surface area contributed by atoms with Gasteiger partial charge < -0.3 is 39.3 Å². The molecular formula is C53H61FN4O11. The van der Waals surface area contributed by atoms with E-state index in [9.17, 15) is 29.5 Å². The number of nitro benzene ring substituents is 1. The lowest BCUT2D eigenvalue weighted by atomic mass is 9.55. The van der Waals surface area contributed by atoms with Gasteiger partial charge in [-0.05, 0) is 117 Å². The number of benzene rings is 4. The van der Waals surface area contributed by atoms with Gasteiger partial charge in [-0.3, -0.25) is 15.0 Å². The van der Waals surface area contributed by atoms with Crippen LogP contribution in [0.2, 0.25) is 0 Å². The van der Waals surface area contributed by atoms with Crippen molar-refractivity contribution in [2.24, 2.45) is 22.9 Å². The van der Waals surface area contributed by atoms with Crippen molar-refractivity contribution in [2.45, 2.75) is 102 Å². The molecule has 0 radical (unpaired) electrons. The Morgan fingerprint density at radius 1 is 0.942 bits per heavy atom. The third kappa shape index (κ3) is 12.2. The number of carbonyl (C=O) groups is 2. The van der Waals surface area contributed by atoms with E-state index < -0.39 is 52.2 Å². The van der Waals surface area contributed by atoms with Gasteiger partial charge in [0.25, 0.3) is 5.69 Å². The molecule has 1 saturated carbocycles. The van der Waals surface area contributed by atoms with Crippen LogP contribution in [0.15, 0.2) is 127 Å². The molecule has 15 nitrogen and oxygen atoms in total. The van der Waals surface area contributed by atoms with Crippen molar-refractivity contribution in [1.29, 1.82) is 0 Å². The number of amides is 2. The van der Waals surface area contributed by atoms with E-state index in [1.807, 2.05) is 57.2 Å². The smallest absolute Gasteiger partial charge is 0.416 e. The maximum atomic E-state index is 15.0. The lowest BCUT2D eigenvalue weighted by Crippen LogP contribution is -2.70. The molecule has 4 aromatic rings. The Morgan fingerprint density at radius 3 is 2.30 bits per heavy atom. The zero-order chi connectivity index (χ0) is 49.1. The van der Waals surface area contributed by atoms with Crippen LogP contribution in [0.5, 0.6) is 17.2 Å². The molecule has 0 saturated heterocycles. The monoisotopic (exact) mass is 948 g/mol. The summed E-state index contributed by atoms with van der Waals surface area (Å²) < 4.78 is 40.8. The first-order valence-electron chi connectivity index (χ1n) is 23.5. The third-order valence-corrected chi connectivity index (χ3v) is 12.7. The summed E-state index contributed by atoms with van der Waals surface area (Å²) in [7, 11) is 0. The van der Waals surface area contributed by atoms with Crippen molar-refractivity contribution < 1.29 is 52.9 Å². The minimum absolute atomic E-state index is 0.00249. The van der Waals surface area contributed by atoms with Gasteiger partial charge in [-0.2, -0.15) is 0 Å². The van der Waals surface area contributed by atoms with Gasteiger partial charge in [-0.25, -0.2) is 14.0 Å². The maximum Gasteiger partial charge on any atom is 0.416 e. The van der Waals surface area contributed by atoms with E-state index in [0.29, 0.717) is 49.1 Å². The van der Waals surface area contributed by atoms with Crippen molar-refractivity contribution in [1.82, 2.24) is 10.2 Å². The number of allylic oxidation sites excluding steroid dienone is 1. The predicted octanol–water partition coefficient (Wildman–Crippen LogP) is 10.2. The number of ether oxygens (including phenoxy) is 4. The van der Waals surface area contributed by atoms with E-state index in [2.05, 4.69) is 18.0 Å². The second-order valence-corrected chi connectivity index (χ2v) is 18.6. The van der Waals surface area contributed by atoms with Gasteiger partial charge in [0.15, 0.2) is 0 Å². The highest BCUT2D eigenvalue weighted by atomic mass is 19.1. The Balaban J connectivity index is 1.43. The fourth-order valence-electron chi connectivity index (χ4n) is 9.70. The fourth-order valence-corrected chi connectivity index (χ4v) is 9.70. The van der Waals surface area contributed by atoms with E-state index in [1.54, 1.807) is 30.3 Å². The summed E-state index contributed by atoms with van der Waals surface area (Å²) in [6.07, 6.45) is 6.23. The number of oxime groups is 1. The largest absolute Gasteiger partial charge is 0.459 e. The summed E-state index contributed by atoms with van der Waals surface area (Å²) in [5.74, 6) is -2.83. The number of rotatable bonds is 20. The van der Waals surface area contributed by atoms with Crippen molar-refractivity contribution in [3.8, 4) is 17.2 Å². The Kier molecular flexibility index (Phi) is 16.5. The van der Waals surface area contributed by atoms with Crippen molar-refractivity contribution >= 4 is 23.6 Å². The molecule has 1 heterocycles. The minimum Gasteiger partial charge on any atom is -0.459 e. The molecule has 0 bridgehead atoms. The molecule has 7 rings (SSSR count). The number of aliphatic hydroxyl groups is 2. The molecule has 1 aliphatic heterocycles. The summed E-state index contributed by atoms with van der Waals surface area (Å²) in [5.41, 5.74) is 2.56. The number of hydrogen-bond acceptors (Lipinski definition) is 12. The van der Waals surface area contributed by atoms with Crippen LogP contribution in [0.4, 0.5) is 19.7 Å². The topological polar surface area (TPSA) is 192 Å². The molecule has 0 spiro atoms. The number of non-ortho nitro benzene ring substituents is 1. The fraction of sp³-hybridized carbons (Fsp3) is 0.415. The van der Waals surface area contributed by atoms with E-state index in [1.165, 1.54) is 41.3 Å². The summed E-state index contributed by atoms with van der Waals surface area (Å²) in [6.45, 7) is 9.75. The number of hydrogen-bond donors (Lipinski definition) is 3. The van der Waals surface area contributed by atoms with Crippen LogP contribution in [-0.4, -0.2) is 75.2 Å². The van der Waals surface area contributed by atoms with Gasteiger partial charge in [0.2, 0.25) is 5.79 Å². The van der Waals surface area contributed by atoms with Gasteiger partial charge >= 0.3 is 12.2 Å². The highest BCUT2D eigenvalue weighted by molar-refractivity contribution is 6.03. The normalized spacial score (nSPS) is 22.0. The standard InChI is InChI=1S/C53H61FN4O11/c1-5-29-65-53-47(57(34-36-17-19-38(54)20-18-36)51(62)67-40-23-21-39(22-24-40)58(63)64)32-45(56-69-52(2,3)4)43-30-37(15-9-11-27-59)42(16-10-12-28-60)48(49(43)53)44-31-41(25-26-46(44)68-53)66-50(61)55-33-35-13-7-6-8-14-35/h5-8,13-14,17-26,30-31,37,42,47-49,59-60H,1,9-12,15-16,27-29,32-34H2,2-4H3,(H,55,61)/t37-,42+,47-,48+,49+,53+/m0/s1. The van der Waals surface area contributed by atoms with Crippen LogP contribution in [0.1, 0.15) is 88.3 Å². The quantitative estimate of drug-likeness (QED) is 0.0331. The highest BCUT2D eigenvalue weighted by Crippen LogP contribution is 2.62. The molecular weight excluding hydrogens is 888 g/mol. The van der Waals surface area contributed by atoms with Gasteiger partial charge in [-0.15, -0.1) is 6.58 Å². The van der Waals surface area contributed by atoms with Crippen LogP contribution in [-0.2, 0) is 22.7 Å². The zero-order valence-corrected chi connectivity index (χ0v) is 39.3. The van der Waals surface area contributed by atoms with Crippen LogP contribution in [0, 0.1) is 33.7 Å². The van der Waals surface area contributed by atoms with Crippen LogP contribution < -0.4 is 19.5 Å². The summed E-state index contributed by atoms with van der Waals surface area (Å²) in [4.78, 5) is 47.0. The van der Waals surface area contributed by atoms with Crippen LogP contribution in [0.25, 0.3) is 0 Å². The number of unbranched alkanes of at least 4 members (excludes halogenated alkanes) is 2. The molecule has 366 valence electrons. The van der Waals surface area contributed by atoms with Gasteiger partial charge in [0.05, 0.1) is 23.2 Å². The molecule has 2 aliphatic carbocycles. The molecule has 3 N–H and O–H groups in total. The number of carbonyl (C=O) groups excluding carboxylic acids is 2. The summed E-state index contributed by atoms with van der Waals surface area (Å²) in [6, 6.07) is 24.5. The molecule has 3 aliphatic rings. The number of halogens is 1. The maximum absolute atomic E-state index is 15.0. The molecule has 69 heavy (non-hydrogen) atoms. The second-order valence-electron chi connectivity index (χ2n) is 18.6. The number of aliphatic hydroxyl groups excluding tert-OH is 2. The Hall–Kier alpha value is -6.62. The Labute approximate surface area is 401 Å². The number of nitro groups is 1. The molecule has 16 heteroatoms. The average molecular weight is 949 g/mol. The third-order valence-electron chi connectivity index (χ3n) is 12.7. The lowest BCUT2D eigenvalue weighted by Gasteiger charge is -2.59. The van der Waals surface area contributed by atoms with Gasteiger partial charge in [0, 0.05) is 56.3 Å². The molecule has 0 aromatic heterocycles. The molecule has 2 amide bonds. The van der Waals surface area contributed by atoms with Crippen molar-refractivity contribution in [3.05, 3.63) is 154 Å². The van der Waals surface area contributed by atoms with Gasteiger partial charge in [0.1, 0.15) is 34.7 Å². The number of nitrogens with one attached hydrogen (secondary N) is 1. The van der Waals surface area contributed by atoms with E-state index in [-0.39, 0.29) is 68.4 Å². The first-order chi connectivity index (χ1) is 33.2. The molecule has 0 unspecified atom stereocenters. The van der Waals surface area contributed by atoms with E-state index in [0.717, 1.165) is 23.1 Å². The lowest BCUT2D eigenvalue weighted by molar-refractivity contribution is -0.384. The first-order valence-corrected chi connectivity index (χ1v) is 23.5. The van der Waals surface area contributed by atoms with E-state index >= 15 is 4.79 Å².